The normalized spacial score (nSPS) is 19.6. The summed E-state index contributed by atoms with van der Waals surface area (Å²) in [7, 11) is 0. The number of hydrogen-bond donors (Lipinski definition) is 2. The Labute approximate surface area is 188 Å². The maximum atomic E-state index is 13.2. The van der Waals surface area contributed by atoms with Gasteiger partial charge in [0.05, 0.1) is 23.6 Å². The average molecular weight is 445 g/mol. The number of carboxylic acids is 1. The molecule has 1 aliphatic carbocycles. The SMILES string of the molecule is CCN(Oc1cccc(Cl)c1)C1CCCCC1C(=O)N[C@@H](C)c1ccc(C(=O)O)cc1. The number of halogens is 1. The molecule has 0 saturated heterocycles. The lowest BCUT2D eigenvalue weighted by Crippen LogP contribution is -2.50. The summed E-state index contributed by atoms with van der Waals surface area (Å²) < 4.78 is 0. The summed E-state index contributed by atoms with van der Waals surface area (Å²) in [6.45, 7) is 4.57. The van der Waals surface area contributed by atoms with Crippen molar-refractivity contribution in [3.63, 3.8) is 0 Å². The lowest BCUT2D eigenvalue weighted by atomic mass is 9.83. The summed E-state index contributed by atoms with van der Waals surface area (Å²) in [5, 5.41) is 14.7. The van der Waals surface area contributed by atoms with E-state index < -0.39 is 5.97 Å². The van der Waals surface area contributed by atoms with Gasteiger partial charge in [0.1, 0.15) is 5.75 Å². The van der Waals surface area contributed by atoms with Crippen LogP contribution in [0.2, 0.25) is 5.02 Å². The molecule has 0 heterocycles. The minimum atomic E-state index is -0.965. The standard InChI is InChI=1S/C24H29ClN2O4/c1-3-27(31-20-8-6-7-19(25)15-20)22-10-5-4-9-21(22)23(28)26-16(2)17-11-13-18(14-12-17)24(29)30/h6-8,11-16,21-22H,3-5,9-10H2,1-2H3,(H,26,28)(H,29,30)/t16-,21?,22?/m0/s1. The fourth-order valence-corrected chi connectivity index (χ4v) is 4.29. The first-order valence-corrected chi connectivity index (χ1v) is 11.1. The zero-order valence-corrected chi connectivity index (χ0v) is 18.6. The number of nitrogens with zero attached hydrogens (tertiary/aromatic N) is 1. The Morgan fingerprint density at radius 1 is 1.19 bits per heavy atom. The van der Waals surface area contributed by atoms with Gasteiger partial charge in [0.2, 0.25) is 5.91 Å². The molecule has 6 nitrogen and oxygen atoms in total. The van der Waals surface area contributed by atoms with E-state index in [1.807, 2.05) is 31.0 Å². The molecule has 1 fully saturated rings. The third-order valence-corrected chi connectivity index (χ3v) is 6.02. The Morgan fingerprint density at radius 3 is 2.55 bits per heavy atom. The molecule has 1 saturated carbocycles. The molecule has 0 radical (unpaired) electrons. The van der Waals surface area contributed by atoms with Gasteiger partial charge in [0.15, 0.2) is 0 Å². The van der Waals surface area contributed by atoms with Crippen LogP contribution in [0.5, 0.6) is 5.75 Å². The zero-order chi connectivity index (χ0) is 22.4. The summed E-state index contributed by atoms with van der Waals surface area (Å²) >= 11 is 6.08. The first-order valence-electron chi connectivity index (χ1n) is 10.7. The van der Waals surface area contributed by atoms with Crippen LogP contribution in [-0.2, 0) is 4.79 Å². The lowest BCUT2D eigenvalue weighted by molar-refractivity contribution is -0.145. The Bertz CT molecular complexity index is 903. The number of carbonyl (C=O) groups is 2. The molecule has 166 valence electrons. The van der Waals surface area contributed by atoms with Crippen LogP contribution in [-0.4, -0.2) is 34.6 Å². The number of carbonyl (C=O) groups excluding carboxylic acids is 1. The second-order valence-corrected chi connectivity index (χ2v) is 8.33. The Hall–Kier alpha value is -2.57. The lowest BCUT2D eigenvalue weighted by Gasteiger charge is -2.38. The molecule has 1 aliphatic rings. The van der Waals surface area contributed by atoms with Gasteiger partial charge >= 0.3 is 5.97 Å². The highest BCUT2D eigenvalue weighted by molar-refractivity contribution is 6.30. The molecule has 3 rings (SSSR count). The molecule has 7 heteroatoms. The number of carboxylic acid groups (broad SMARTS) is 1. The highest BCUT2D eigenvalue weighted by Crippen LogP contribution is 2.31. The Kier molecular flexibility index (Phi) is 7.93. The van der Waals surface area contributed by atoms with Crippen LogP contribution in [0, 0.1) is 5.92 Å². The molecule has 2 aromatic carbocycles. The third-order valence-electron chi connectivity index (χ3n) is 5.78. The van der Waals surface area contributed by atoms with Gasteiger partial charge in [-0.15, -0.1) is 5.06 Å². The average Bonchev–Trinajstić information content (AvgIpc) is 2.77. The molecule has 0 aromatic heterocycles. The number of hydrogen-bond acceptors (Lipinski definition) is 4. The first kappa shape index (κ1) is 23.1. The fraction of sp³-hybridized carbons (Fsp3) is 0.417. The number of hydroxylamine groups is 2. The van der Waals surface area contributed by atoms with Crippen LogP contribution in [0.3, 0.4) is 0 Å². The van der Waals surface area contributed by atoms with E-state index in [2.05, 4.69) is 5.32 Å². The molecule has 2 aromatic rings. The van der Waals surface area contributed by atoms with Crippen LogP contribution in [0.1, 0.15) is 61.5 Å². The zero-order valence-electron chi connectivity index (χ0n) is 17.9. The van der Waals surface area contributed by atoms with Crippen LogP contribution in [0.15, 0.2) is 48.5 Å². The maximum Gasteiger partial charge on any atom is 0.335 e. The fourth-order valence-electron chi connectivity index (χ4n) is 4.11. The van der Waals surface area contributed by atoms with E-state index in [0.29, 0.717) is 17.3 Å². The molecule has 0 aliphatic heterocycles. The number of nitrogens with one attached hydrogen (secondary N) is 1. The van der Waals surface area contributed by atoms with Gasteiger partial charge in [-0.3, -0.25) is 4.79 Å². The highest BCUT2D eigenvalue weighted by Gasteiger charge is 2.36. The predicted molar refractivity (Wildman–Crippen MR) is 120 cm³/mol. The van der Waals surface area contributed by atoms with Crippen LogP contribution >= 0.6 is 11.6 Å². The van der Waals surface area contributed by atoms with Crippen molar-refractivity contribution in [2.45, 2.75) is 51.6 Å². The van der Waals surface area contributed by atoms with Crippen LogP contribution in [0.4, 0.5) is 0 Å². The smallest absolute Gasteiger partial charge is 0.335 e. The molecule has 1 amide bonds. The van der Waals surface area contributed by atoms with E-state index in [4.69, 9.17) is 21.5 Å². The second-order valence-electron chi connectivity index (χ2n) is 7.90. The van der Waals surface area contributed by atoms with Gasteiger partial charge in [-0.1, -0.05) is 42.6 Å². The Balaban J connectivity index is 1.69. The molecule has 3 atom stereocenters. The van der Waals surface area contributed by atoms with Crippen molar-refractivity contribution < 1.29 is 19.5 Å². The quantitative estimate of drug-likeness (QED) is 0.554. The van der Waals surface area contributed by atoms with Gasteiger partial charge < -0.3 is 15.3 Å². The van der Waals surface area contributed by atoms with Gasteiger partial charge in [0.25, 0.3) is 0 Å². The first-order chi connectivity index (χ1) is 14.9. The monoisotopic (exact) mass is 444 g/mol. The van der Waals surface area contributed by atoms with E-state index in [1.165, 1.54) is 0 Å². The van der Waals surface area contributed by atoms with Crippen molar-refractivity contribution in [3.05, 3.63) is 64.7 Å². The van der Waals surface area contributed by atoms with Crippen molar-refractivity contribution in [1.82, 2.24) is 10.4 Å². The molecule has 31 heavy (non-hydrogen) atoms. The van der Waals surface area contributed by atoms with Crippen molar-refractivity contribution >= 4 is 23.5 Å². The molecule has 2 N–H and O–H groups in total. The highest BCUT2D eigenvalue weighted by atomic mass is 35.5. The van der Waals surface area contributed by atoms with Crippen LogP contribution in [0.25, 0.3) is 0 Å². The number of rotatable bonds is 8. The minimum Gasteiger partial charge on any atom is -0.478 e. The Morgan fingerprint density at radius 2 is 1.90 bits per heavy atom. The summed E-state index contributed by atoms with van der Waals surface area (Å²) in [5.74, 6) is -0.500. The van der Waals surface area contributed by atoms with E-state index >= 15 is 0 Å². The van der Waals surface area contributed by atoms with Crippen molar-refractivity contribution in [3.8, 4) is 5.75 Å². The van der Waals surface area contributed by atoms with Crippen molar-refractivity contribution in [2.24, 2.45) is 5.92 Å². The maximum absolute atomic E-state index is 13.2. The van der Waals surface area contributed by atoms with E-state index in [1.54, 1.807) is 36.4 Å². The predicted octanol–water partition coefficient (Wildman–Crippen LogP) is 5.09. The van der Waals surface area contributed by atoms with Crippen LogP contribution < -0.4 is 10.2 Å². The van der Waals surface area contributed by atoms with Gasteiger partial charge in [0, 0.05) is 17.6 Å². The largest absolute Gasteiger partial charge is 0.478 e. The van der Waals surface area contributed by atoms with E-state index in [9.17, 15) is 9.59 Å². The summed E-state index contributed by atoms with van der Waals surface area (Å²) in [6, 6.07) is 13.6. The number of aromatic carboxylic acids is 1. The molecular formula is C24H29ClN2O4. The van der Waals surface area contributed by atoms with E-state index in [0.717, 1.165) is 31.2 Å². The van der Waals surface area contributed by atoms with Gasteiger partial charge in [-0.2, -0.15) is 0 Å². The number of amides is 1. The molecule has 0 spiro atoms. The topological polar surface area (TPSA) is 78.9 Å². The molecular weight excluding hydrogens is 416 g/mol. The number of benzene rings is 2. The molecule has 2 unspecified atom stereocenters. The second kappa shape index (κ2) is 10.6. The summed E-state index contributed by atoms with van der Waals surface area (Å²) in [6.07, 6.45) is 3.74. The third kappa shape index (κ3) is 5.99. The van der Waals surface area contributed by atoms with Crippen molar-refractivity contribution in [1.29, 1.82) is 0 Å². The van der Waals surface area contributed by atoms with Gasteiger partial charge in [-0.05, 0) is 56.5 Å². The van der Waals surface area contributed by atoms with E-state index in [-0.39, 0.29) is 29.5 Å². The minimum absolute atomic E-state index is 0.00680. The summed E-state index contributed by atoms with van der Waals surface area (Å²) in [5.41, 5.74) is 1.10. The van der Waals surface area contributed by atoms with Crippen molar-refractivity contribution in [2.75, 3.05) is 6.54 Å². The van der Waals surface area contributed by atoms with Gasteiger partial charge in [-0.25, -0.2) is 4.79 Å². The molecule has 0 bridgehead atoms. The summed E-state index contributed by atoms with van der Waals surface area (Å²) in [4.78, 5) is 30.3.